The lowest BCUT2D eigenvalue weighted by Gasteiger charge is -2.20. The van der Waals surface area contributed by atoms with E-state index in [0.29, 0.717) is 10.9 Å². The van der Waals surface area contributed by atoms with Gasteiger partial charge >= 0.3 is 5.97 Å². The van der Waals surface area contributed by atoms with Gasteiger partial charge in [-0.2, -0.15) is 0 Å². The lowest BCUT2D eigenvalue weighted by Crippen LogP contribution is -2.31. The third kappa shape index (κ3) is 3.12. The molecule has 0 aromatic carbocycles. The molecule has 3 nitrogen and oxygen atoms in total. The molecule has 1 aromatic rings. The SMILES string of the molecule is Cc1sc(C(=O)O)cc1CN[C@H](C)C1CCCC1. The highest BCUT2D eigenvalue weighted by molar-refractivity contribution is 7.14. The third-order valence-electron chi connectivity index (χ3n) is 3.95. The Morgan fingerprint density at radius 2 is 2.22 bits per heavy atom. The van der Waals surface area contributed by atoms with Crippen LogP contribution in [0.5, 0.6) is 0 Å². The maximum absolute atomic E-state index is 10.9. The molecule has 0 spiro atoms. The molecule has 2 rings (SSSR count). The summed E-state index contributed by atoms with van der Waals surface area (Å²) in [5.74, 6) is -0.0268. The number of nitrogens with one attached hydrogen (secondary N) is 1. The molecule has 0 unspecified atom stereocenters. The van der Waals surface area contributed by atoms with Crippen molar-refractivity contribution in [3.05, 3.63) is 21.4 Å². The van der Waals surface area contributed by atoms with Crippen LogP contribution in [-0.2, 0) is 6.54 Å². The maximum atomic E-state index is 10.9. The van der Waals surface area contributed by atoms with Gasteiger partial charge in [0.1, 0.15) is 4.88 Å². The lowest BCUT2D eigenvalue weighted by atomic mass is 9.99. The molecule has 0 bridgehead atoms. The van der Waals surface area contributed by atoms with Crippen LogP contribution in [0.4, 0.5) is 0 Å². The zero-order valence-electron chi connectivity index (χ0n) is 11.0. The van der Waals surface area contributed by atoms with Crippen LogP contribution < -0.4 is 5.32 Å². The summed E-state index contributed by atoms with van der Waals surface area (Å²) in [5, 5.41) is 12.5. The van der Waals surface area contributed by atoms with E-state index in [9.17, 15) is 4.79 Å². The van der Waals surface area contributed by atoms with Gasteiger partial charge in [-0.1, -0.05) is 12.8 Å². The quantitative estimate of drug-likeness (QED) is 0.859. The first-order chi connectivity index (χ1) is 8.58. The minimum Gasteiger partial charge on any atom is -0.477 e. The van der Waals surface area contributed by atoms with Gasteiger partial charge in [-0.15, -0.1) is 11.3 Å². The minimum absolute atomic E-state index is 0.442. The molecular formula is C14H21NO2S. The number of hydrogen-bond acceptors (Lipinski definition) is 3. The van der Waals surface area contributed by atoms with Crippen LogP contribution in [0, 0.1) is 12.8 Å². The topological polar surface area (TPSA) is 49.3 Å². The van der Waals surface area contributed by atoms with Crippen molar-refractivity contribution in [3.8, 4) is 0 Å². The number of thiophene rings is 1. The second-order valence-electron chi connectivity index (χ2n) is 5.21. The first-order valence-corrected chi connectivity index (χ1v) is 7.45. The molecule has 1 heterocycles. The molecule has 0 amide bonds. The van der Waals surface area contributed by atoms with Crippen molar-refractivity contribution in [1.82, 2.24) is 5.32 Å². The summed E-state index contributed by atoms with van der Waals surface area (Å²) in [6.45, 7) is 5.03. The van der Waals surface area contributed by atoms with Gasteiger partial charge < -0.3 is 10.4 Å². The summed E-state index contributed by atoms with van der Waals surface area (Å²) < 4.78 is 0. The van der Waals surface area contributed by atoms with Crippen molar-refractivity contribution in [2.24, 2.45) is 5.92 Å². The van der Waals surface area contributed by atoms with Crippen molar-refractivity contribution < 1.29 is 9.90 Å². The van der Waals surface area contributed by atoms with E-state index in [1.54, 1.807) is 6.07 Å². The predicted molar refractivity (Wildman–Crippen MR) is 74.3 cm³/mol. The number of carboxylic acids is 1. The van der Waals surface area contributed by atoms with Crippen molar-refractivity contribution in [3.63, 3.8) is 0 Å². The van der Waals surface area contributed by atoms with E-state index >= 15 is 0 Å². The fourth-order valence-corrected chi connectivity index (χ4v) is 3.58. The van der Waals surface area contributed by atoms with Gasteiger partial charge in [-0.3, -0.25) is 0 Å². The molecule has 1 saturated carbocycles. The highest BCUT2D eigenvalue weighted by atomic mass is 32.1. The summed E-state index contributed by atoms with van der Waals surface area (Å²) >= 11 is 1.37. The molecule has 18 heavy (non-hydrogen) atoms. The molecule has 0 aliphatic heterocycles. The average Bonchev–Trinajstić information content (AvgIpc) is 2.95. The van der Waals surface area contributed by atoms with Gasteiger partial charge in [-0.25, -0.2) is 4.79 Å². The number of carboxylic acid groups (broad SMARTS) is 1. The molecule has 1 fully saturated rings. The Morgan fingerprint density at radius 3 is 2.78 bits per heavy atom. The number of aromatic carboxylic acids is 1. The Morgan fingerprint density at radius 1 is 1.56 bits per heavy atom. The zero-order chi connectivity index (χ0) is 13.1. The number of rotatable bonds is 5. The Kier molecular flexibility index (Phi) is 4.40. The van der Waals surface area contributed by atoms with E-state index < -0.39 is 5.97 Å². The van der Waals surface area contributed by atoms with E-state index in [0.717, 1.165) is 22.9 Å². The monoisotopic (exact) mass is 267 g/mol. The molecule has 1 aromatic heterocycles. The van der Waals surface area contributed by atoms with Crippen LogP contribution in [0.3, 0.4) is 0 Å². The molecule has 1 aliphatic rings. The van der Waals surface area contributed by atoms with Crippen LogP contribution in [0.25, 0.3) is 0 Å². The highest BCUT2D eigenvalue weighted by Gasteiger charge is 2.21. The summed E-state index contributed by atoms with van der Waals surface area (Å²) in [4.78, 5) is 12.5. The van der Waals surface area contributed by atoms with E-state index in [2.05, 4.69) is 12.2 Å². The average molecular weight is 267 g/mol. The summed E-state index contributed by atoms with van der Waals surface area (Å²) in [6, 6.07) is 2.33. The maximum Gasteiger partial charge on any atom is 0.345 e. The van der Waals surface area contributed by atoms with Gasteiger partial charge in [0.25, 0.3) is 0 Å². The standard InChI is InChI=1S/C14H21NO2S/c1-9(11-5-3-4-6-11)15-8-12-7-13(14(16)17)18-10(12)2/h7,9,11,15H,3-6,8H2,1-2H3,(H,16,17)/t9-/m1/s1. The van der Waals surface area contributed by atoms with Crippen molar-refractivity contribution in [1.29, 1.82) is 0 Å². The van der Waals surface area contributed by atoms with E-state index in [4.69, 9.17) is 5.11 Å². The Bertz CT molecular complexity index is 421. The normalized spacial score (nSPS) is 18.1. The Labute approximate surface area is 112 Å². The summed E-state index contributed by atoms with van der Waals surface area (Å²) in [6.07, 6.45) is 5.38. The van der Waals surface area contributed by atoms with E-state index in [-0.39, 0.29) is 0 Å². The van der Waals surface area contributed by atoms with Crippen LogP contribution in [0.1, 0.15) is 52.7 Å². The second kappa shape index (κ2) is 5.85. The van der Waals surface area contributed by atoms with Crippen LogP contribution in [-0.4, -0.2) is 17.1 Å². The first kappa shape index (κ1) is 13.6. The molecule has 1 aliphatic carbocycles. The predicted octanol–water partition coefficient (Wildman–Crippen LogP) is 3.42. The highest BCUT2D eigenvalue weighted by Crippen LogP contribution is 2.28. The third-order valence-corrected chi connectivity index (χ3v) is 5.03. The zero-order valence-corrected chi connectivity index (χ0v) is 11.8. The molecule has 0 radical (unpaired) electrons. The summed E-state index contributed by atoms with van der Waals surface area (Å²) in [5.41, 5.74) is 1.13. The summed E-state index contributed by atoms with van der Waals surface area (Å²) in [7, 11) is 0. The van der Waals surface area contributed by atoms with Crippen molar-refractivity contribution in [2.45, 2.75) is 52.1 Å². The fraction of sp³-hybridized carbons (Fsp3) is 0.643. The fourth-order valence-electron chi connectivity index (χ4n) is 2.70. The van der Waals surface area contributed by atoms with Gasteiger partial charge in [0.15, 0.2) is 0 Å². The molecule has 0 saturated heterocycles. The van der Waals surface area contributed by atoms with E-state index in [1.807, 2.05) is 6.92 Å². The second-order valence-corrected chi connectivity index (χ2v) is 6.47. The van der Waals surface area contributed by atoms with Crippen molar-refractivity contribution in [2.75, 3.05) is 0 Å². The number of carbonyl (C=O) groups is 1. The van der Waals surface area contributed by atoms with Gasteiger partial charge in [0.2, 0.25) is 0 Å². The van der Waals surface area contributed by atoms with Crippen LogP contribution in [0.2, 0.25) is 0 Å². The minimum atomic E-state index is -0.821. The molecule has 2 N–H and O–H groups in total. The number of hydrogen-bond donors (Lipinski definition) is 2. The Balaban J connectivity index is 1.91. The molecule has 1 atom stereocenters. The molecular weight excluding hydrogens is 246 g/mol. The Hall–Kier alpha value is -0.870. The van der Waals surface area contributed by atoms with Gasteiger partial charge in [0, 0.05) is 17.5 Å². The largest absolute Gasteiger partial charge is 0.477 e. The smallest absolute Gasteiger partial charge is 0.345 e. The molecule has 4 heteroatoms. The van der Waals surface area contributed by atoms with E-state index in [1.165, 1.54) is 37.0 Å². The van der Waals surface area contributed by atoms with Crippen molar-refractivity contribution >= 4 is 17.3 Å². The van der Waals surface area contributed by atoms with Crippen LogP contribution >= 0.6 is 11.3 Å². The lowest BCUT2D eigenvalue weighted by molar-refractivity contribution is 0.0702. The van der Waals surface area contributed by atoms with Crippen LogP contribution in [0.15, 0.2) is 6.07 Å². The number of aryl methyl sites for hydroxylation is 1. The first-order valence-electron chi connectivity index (χ1n) is 6.64. The van der Waals surface area contributed by atoms with Gasteiger partial charge in [0.05, 0.1) is 0 Å². The van der Waals surface area contributed by atoms with Gasteiger partial charge in [-0.05, 0) is 44.2 Å². The molecule has 100 valence electrons.